The summed E-state index contributed by atoms with van der Waals surface area (Å²) in [5, 5.41) is 3.14. The maximum atomic E-state index is 14.0. The van der Waals surface area contributed by atoms with Crippen LogP contribution in [0.1, 0.15) is 28.8 Å². The molecule has 0 aliphatic heterocycles. The van der Waals surface area contributed by atoms with Crippen molar-refractivity contribution in [1.29, 1.82) is 4.78 Å². The highest BCUT2D eigenvalue weighted by molar-refractivity contribution is 7.91. The number of ether oxygens (including phenoxy) is 1. The number of imidazole rings is 1. The summed E-state index contributed by atoms with van der Waals surface area (Å²) in [6.07, 6.45) is 1.28. The second-order valence-electron chi connectivity index (χ2n) is 6.73. The maximum absolute atomic E-state index is 14.0. The molecule has 0 saturated carbocycles. The molecule has 0 aliphatic rings. The molecule has 0 spiro atoms. The number of nitrogens with one attached hydrogen (secondary N) is 3. The van der Waals surface area contributed by atoms with E-state index in [1.54, 1.807) is 6.92 Å². The molecule has 3 N–H and O–H groups in total. The van der Waals surface area contributed by atoms with E-state index >= 15 is 0 Å². The summed E-state index contributed by atoms with van der Waals surface area (Å²) in [7, 11) is -1.69. The van der Waals surface area contributed by atoms with E-state index in [0.29, 0.717) is 17.1 Å². The highest BCUT2D eigenvalue weighted by atomic mass is 35.5. The number of hydrogen-bond donors (Lipinski definition) is 3. The number of rotatable bonds is 6. The number of nitrogens with zero attached hydrogens (tertiary/aromatic N) is 2. The molecule has 3 aromatic rings. The highest BCUT2D eigenvalue weighted by Gasteiger charge is 2.26. The van der Waals surface area contributed by atoms with Crippen LogP contribution in [-0.4, -0.2) is 32.5 Å². The average Bonchev–Trinajstić information content (AvgIpc) is 3.06. The van der Waals surface area contributed by atoms with Gasteiger partial charge in [0.1, 0.15) is 40.1 Å². The summed E-state index contributed by atoms with van der Waals surface area (Å²) in [6, 6.07) is 4.42. The summed E-state index contributed by atoms with van der Waals surface area (Å²) in [6.45, 7) is 3.14. The molecule has 0 aliphatic carbocycles. The zero-order chi connectivity index (χ0) is 22.2. The van der Waals surface area contributed by atoms with Crippen LogP contribution in [0.2, 0.25) is 5.02 Å². The summed E-state index contributed by atoms with van der Waals surface area (Å²) >= 11 is 6.00. The standard InChI is InChI=1S/C19H20ClF2N5O2S/c1-9-13(21)5-6-16(24-9)26-17(11-7-12(20)14(22)8-15(11)29-3)18-25-10(2)19(27-18)30(4,23)28/h5-8,17,23H,1-4H3,(H,24,26)(H,25,27). The van der Waals surface area contributed by atoms with Crippen molar-refractivity contribution in [3.05, 3.63) is 63.7 Å². The Bertz CT molecular complexity index is 1210. The number of methoxy groups -OCH3 is 1. The third-order valence-corrected chi connectivity index (χ3v) is 5.88. The van der Waals surface area contributed by atoms with Crippen molar-refractivity contribution in [2.45, 2.75) is 24.9 Å². The number of halogens is 3. The maximum Gasteiger partial charge on any atom is 0.145 e. The van der Waals surface area contributed by atoms with E-state index < -0.39 is 27.4 Å². The van der Waals surface area contributed by atoms with Gasteiger partial charge < -0.3 is 15.0 Å². The van der Waals surface area contributed by atoms with E-state index in [0.717, 1.165) is 6.07 Å². The molecule has 0 amide bonds. The first-order valence-corrected chi connectivity index (χ1v) is 11.1. The third-order valence-electron chi connectivity index (χ3n) is 4.42. The van der Waals surface area contributed by atoms with E-state index in [1.807, 2.05) is 0 Å². The fraction of sp³-hybridized carbons (Fsp3) is 0.263. The molecule has 2 aromatic heterocycles. The second kappa shape index (κ2) is 8.19. The smallest absolute Gasteiger partial charge is 0.145 e. The van der Waals surface area contributed by atoms with Gasteiger partial charge in [-0.3, -0.25) is 0 Å². The minimum absolute atomic E-state index is 0.135. The Morgan fingerprint density at radius 3 is 2.47 bits per heavy atom. The molecule has 7 nitrogen and oxygen atoms in total. The van der Waals surface area contributed by atoms with Crippen molar-refractivity contribution < 1.29 is 17.7 Å². The first-order chi connectivity index (χ1) is 14.0. The Morgan fingerprint density at radius 2 is 1.90 bits per heavy atom. The minimum Gasteiger partial charge on any atom is -0.496 e. The topological polar surface area (TPSA) is 104 Å². The minimum atomic E-state index is -3.07. The van der Waals surface area contributed by atoms with E-state index in [4.69, 9.17) is 21.1 Å². The number of anilines is 1. The van der Waals surface area contributed by atoms with E-state index in [-0.39, 0.29) is 27.3 Å². The average molecular weight is 456 g/mol. The third kappa shape index (κ3) is 4.39. The number of pyridine rings is 1. The fourth-order valence-electron chi connectivity index (χ4n) is 2.99. The molecule has 1 aromatic carbocycles. The molecule has 0 bridgehead atoms. The predicted molar refractivity (Wildman–Crippen MR) is 111 cm³/mol. The molecule has 2 heterocycles. The molecule has 30 heavy (non-hydrogen) atoms. The van der Waals surface area contributed by atoms with Gasteiger partial charge in [0.05, 0.1) is 33.2 Å². The largest absolute Gasteiger partial charge is 0.496 e. The normalized spacial score (nSPS) is 14.2. The van der Waals surface area contributed by atoms with Crippen LogP contribution in [-0.2, 0) is 9.73 Å². The van der Waals surface area contributed by atoms with Crippen LogP contribution in [0.25, 0.3) is 0 Å². The van der Waals surface area contributed by atoms with Crippen molar-refractivity contribution in [3.8, 4) is 5.75 Å². The first kappa shape index (κ1) is 22.0. The molecule has 11 heteroatoms. The number of hydrogen-bond acceptors (Lipinski definition) is 6. The number of aromatic amines is 1. The van der Waals surface area contributed by atoms with Crippen molar-refractivity contribution in [2.24, 2.45) is 0 Å². The molecule has 3 rings (SSSR count). The van der Waals surface area contributed by atoms with Crippen LogP contribution in [0, 0.1) is 30.3 Å². The van der Waals surface area contributed by atoms with Crippen LogP contribution in [0.5, 0.6) is 5.75 Å². The van der Waals surface area contributed by atoms with Crippen LogP contribution in [0.15, 0.2) is 29.3 Å². The van der Waals surface area contributed by atoms with Crippen molar-refractivity contribution in [2.75, 3.05) is 18.7 Å². The number of H-pyrrole nitrogens is 1. The van der Waals surface area contributed by atoms with Crippen LogP contribution < -0.4 is 10.1 Å². The molecule has 2 atom stereocenters. The Balaban J connectivity index is 2.19. The summed E-state index contributed by atoms with van der Waals surface area (Å²) < 4.78 is 53.1. The molecule has 0 fully saturated rings. The summed E-state index contributed by atoms with van der Waals surface area (Å²) in [5.41, 5.74) is 0.984. The summed E-state index contributed by atoms with van der Waals surface area (Å²) in [5.74, 6) is -0.331. The lowest BCUT2D eigenvalue weighted by Gasteiger charge is -2.21. The lowest BCUT2D eigenvalue weighted by Crippen LogP contribution is -2.17. The Hall–Kier alpha value is -2.72. The van der Waals surface area contributed by atoms with Gasteiger partial charge in [-0.25, -0.2) is 27.7 Å². The predicted octanol–water partition coefficient (Wildman–Crippen LogP) is 4.60. The summed E-state index contributed by atoms with van der Waals surface area (Å²) in [4.78, 5) is 11.5. The molecular formula is C19H20ClF2N5O2S. The molecule has 0 saturated heterocycles. The van der Waals surface area contributed by atoms with E-state index in [9.17, 15) is 13.0 Å². The molecular weight excluding hydrogens is 436 g/mol. The Morgan fingerprint density at radius 1 is 1.20 bits per heavy atom. The van der Waals surface area contributed by atoms with Gasteiger partial charge in [0.2, 0.25) is 0 Å². The van der Waals surface area contributed by atoms with Crippen molar-refractivity contribution in [3.63, 3.8) is 0 Å². The van der Waals surface area contributed by atoms with E-state index in [2.05, 4.69) is 20.3 Å². The van der Waals surface area contributed by atoms with Gasteiger partial charge in [0.25, 0.3) is 0 Å². The van der Waals surface area contributed by atoms with Crippen molar-refractivity contribution in [1.82, 2.24) is 15.0 Å². The number of benzene rings is 1. The van der Waals surface area contributed by atoms with Gasteiger partial charge in [-0.15, -0.1) is 0 Å². The van der Waals surface area contributed by atoms with Gasteiger partial charge in [-0.2, -0.15) is 0 Å². The SMILES string of the molecule is COc1cc(F)c(Cl)cc1C(Nc1ccc(F)c(C)n1)c1nc(C)c(S(C)(=N)=O)[nH]1. The lowest BCUT2D eigenvalue weighted by atomic mass is 10.0. The van der Waals surface area contributed by atoms with Gasteiger partial charge in [0.15, 0.2) is 0 Å². The van der Waals surface area contributed by atoms with E-state index in [1.165, 1.54) is 38.5 Å². The first-order valence-electron chi connectivity index (χ1n) is 8.74. The van der Waals surface area contributed by atoms with Crippen LogP contribution in [0.4, 0.5) is 14.6 Å². The molecule has 2 unspecified atom stereocenters. The highest BCUT2D eigenvalue weighted by Crippen LogP contribution is 2.35. The lowest BCUT2D eigenvalue weighted by molar-refractivity contribution is 0.404. The Labute approximate surface area is 177 Å². The second-order valence-corrected chi connectivity index (χ2v) is 9.23. The van der Waals surface area contributed by atoms with Crippen LogP contribution >= 0.6 is 11.6 Å². The number of aromatic nitrogens is 3. The number of aryl methyl sites for hydroxylation is 2. The fourth-order valence-corrected chi connectivity index (χ4v) is 4.07. The van der Waals surface area contributed by atoms with Crippen LogP contribution in [0.3, 0.4) is 0 Å². The van der Waals surface area contributed by atoms with Crippen molar-refractivity contribution >= 4 is 27.1 Å². The zero-order valence-electron chi connectivity index (χ0n) is 16.6. The van der Waals surface area contributed by atoms with Gasteiger partial charge in [-0.05, 0) is 32.0 Å². The van der Waals surface area contributed by atoms with Gasteiger partial charge in [-0.1, -0.05) is 11.6 Å². The molecule has 160 valence electrons. The van der Waals surface area contributed by atoms with Gasteiger partial charge in [0, 0.05) is 17.9 Å². The monoisotopic (exact) mass is 455 g/mol. The molecule has 0 radical (unpaired) electrons. The Kier molecular flexibility index (Phi) is 6.00. The quantitative estimate of drug-likeness (QED) is 0.504. The zero-order valence-corrected chi connectivity index (χ0v) is 18.2. The van der Waals surface area contributed by atoms with Gasteiger partial charge >= 0.3 is 0 Å².